The fourth-order valence-electron chi connectivity index (χ4n) is 3.02. The number of hydrogen-bond donors (Lipinski definition) is 1. The van der Waals surface area contributed by atoms with Gasteiger partial charge in [-0.15, -0.1) is 11.8 Å². The van der Waals surface area contributed by atoms with Gasteiger partial charge >= 0.3 is 0 Å². The Morgan fingerprint density at radius 2 is 1.85 bits per heavy atom. The molecule has 0 bridgehead atoms. The van der Waals surface area contributed by atoms with E-state index < -0.39 is 5.60 Å². The van der Waals surface area contributed by atoms with E-state index in [1.165, 1.54) is 0 Å². The van der Waals surface area contributed by atoms with Crippen molar-refractivity contribution in [2.75, 3.05) is 6.26 Å². The average Bonchev–Trinajstić information content (AvgIpc) is 3.12. The second-order valence-corrected chi connectivity index (χ2v) is 7.74. The summed E-state index contributed by atoms with van der Waals surface area (Å²) < 4.78 is 6.17. The molecule has 1 N–H and O–H groups in total. The zero-order valence-corrected chi connectivity index (χ0v) is 16.2. The van der Waals surface area contributed by atoms with Crippen LogP contribution in [-0.4, -0.2) is 21.3 Å². The first kappa shape index (κ1) is 17.8. The number of benzene rings is 1. The first-order valence-corrected chi connectivity index (χ1v) is 9.90. The third-order valence-electron chi connectivity index (χ3n) is 4.52. The van der Waals surface area contributed by atoms with Crippen molar-refractivity contribution in [3.05, 3.63) is 66.5 Å². The molecule has 27 heavy (non-hydrogen) atoms. The number of hydrogen-bond acceptors (Lipinski definition) is 5. The van der Waals surface area contributed by atoms with Crippen LogP contribution in [0.2, 0.25) is 0 Å². The van der Waals surface area contributed by atoms with Crippen LogP contribution in [0, 0.1) is 0 Å². The molecule has 0 spiro atoms. The molecule has 0 aliphatic heterocycles. The second-order valence-electron chi connectivity index (χ2n) is 6.91. The summed E-state index contributed by atoms with van der Waals surface area (Å²) in [6, 6.07) is 15.7. The van der Waals surface area contributed by atoms with Crippen LogP contribution in [0.4, 0.5) is 0 Å². The minimum Gasteiger partial charge on any atom is -0.454 e. The van der Waals surface area contributed by atoms with Crippen LogP contribution in [-0.2, 0) is 5.60 Å². The molecule has 4 rings (SSSR count). The topological polar surface area (TPSA) is 59.2 Å². The number of nitrogens with zero attached hydrogens (tertiary/aromatic N) is 2. The molecule has 0 saturated heterocycles. The molecule has 3 heterocycles. The summed E-state index contributed by atoms with van der Waals surface area (Å²) in [5.74, 6) is 0.740. The monoisotopic (exact) mass is 376 g/mol. The average molecular weight is 376 g/mol. The van der Waals surface area contributed by atoms with Crippen molar-refractivity contribution >= 4 is 22.9 Å². The van der Waals surface area contributed by atoms with Crippen LogP contribution in [0.1, 0.15) is 19.4 Å². The molecular formula is C22H20N2O2S. The highest BCUT2D eigenvalue weighted by Gasteiger charge is 2.18. The van der Waals surface area contributed by atoms with Crippen molar-refractivity contribution in [3.63, 3.8) is 0 Å². The van der Waals surface area contributed by atoms with Gasteiger partial charge in [0.05, 0.1) is 10.6 Å². The molecule has 0 unspecified atom stereocenters. The largest absolute Gasteiger partial charge is 0.454 e. The summed E-state index contributed by atoms with van der Waals surface area (Å²) in [6.45, 7) is 3.56. The Morgan fingerprint density at radius 1 is 1.00 bits per heavy atom. The van der Waals surface area contributed by atoms with Crippen LogP contribution < -0.4 is 0 Å². The lowest BCUT2D eigenvalue weighted by atomic mass is 9.94. The number of furan rings is 1. The third-order valence-corrected chi connectivity index (χ3v) is 5.18. The summed E-state index contributed by atoms with van der Waals surface area (Å²) in [5, 5.41) is 11.3. The quantitative estimate of drug-likeness (QED) is 0.476. The maximum absolute atomic E-state index is 10.3. The highest BCUT2D eigenvalue weighted by molar-refractivity contribution is 7.98. The lowest BCUT2D eigenvalue weighted by molar-refractivity contribution is 0.0786. The van der Waals surface area contributed by atoms with Crippen LogP contribution in [0.25, 0.3) is 33.6 Å². The van der Waals surface area contributed by atoms with Gasteiger partial charge in [-0.05, 0) is 55.5 Å². The Morgan fingerprint density at radius 3 is 2.56 bits per heavy atom. The van der Waals surface area contributed by atoms with Crippen molar-refractivity contribution in [2.45, 2.75) is 24.5 Å². The van der Waals surface area contributed by atoms with E-state index in [9.17, 15) is 5.11 Å². The molecule has 3 aromatic heterocycles. The molecule has 0 saturated carbocycles. The standard InChI is InChI=1S/C22H20N2O2S/c1-22(2,25)16-6-4-5-14(11-16)17-9-10-23-18-12-19(26-21(17)18)15-7-8-20(27-3)24-13-15/h4-13,25H,1-3H3. The molecule has 0 radical (unpaired) electrons. The Hall–Kier alpha value is -2.63. The van der Waals surface area contributed by atoms with Gasteiger partial charge in [0.25, 0.3) is 0 Å². The normalized spacial score (nSPS) is 11.9. The summed E-state index contributed by atoms with van der Waals surface area (Å²) in [7, 11) is 0. The first-order valence-electron chi connectivity index (χ1n) is 8.68. The maximum Gasteiger partial charge on any atom is 0.161 e. The van der Waals surface area contributed by atoms with Crippen molar-refractivity contribution in [3.8, 4) is 22.5 Å². The predicted molar refractivity (Wildman–Crippen MR) is 110 cm³/mol. The van der Waals surface area contributed by atoms with Gasteiger partial charge in [-0.1, -0.05) is 18.2 Å². The van der Waals surface area contributed by atoms with E-state index in [0.717, 1.165) is 44.1 Å². The fourth-order valence-corrected chi connectivity index (χ4v) is 3.38. The minimum atomic E-state index is -0.902. The molecule has 1 aromatic carbocycles. The molecule has 0 atom stereocenters. The van der Waals surface area contributed by atoms with Gasteiger partial charge in [-0.2, -0.15) is 0 Å². The van der Waals surface area contributed by atoms with Gasteiger partial charge < -0.3 is 9.52 Å². The van der Waals surface area contributed by atoms with Crippen LogP contribution in [0.15, 0.2) is 70.4 Å². The zero-order valence-electron chi connectivity index (χ0n) is 15.4. The van der Waals surface area contributed by atoms with Crippen molar-refractivity contribution in [2.24, 2.45) is 0 Å². The van der Waals surface area contributed by atoms with Crippen LogP contribution in [0.5, 0.6) is 0 Å². The van der Waals surface area contributed by atoms with Crippen molar-refractivity contribution in [1.82, 2.24) is 9.97 Å². The van der Waals surface area contributed by atoms with E-state index in [4.69, 9.17) is 4.42 Å². The van der Waals surface area contributed by atoms with Gasteiger partial charge in [-0.3, -0.25) is 4.98 Å². The van der Waals surface area contributed by atoms with Gasteiger partial charge in [0, 0.05) is 29.6 Å². The summed E-state index contributed by atoms with van der Waals surface area (Å²) in [4.78, 5) is 8.87. The molecule has 0 fully saturated rings. The number of aliphatic hydroxyl groups is 1. The molecule has 5 heteroatoms. The SMILES string of the molecule is CSc1ccc(-c2cc3nccc(-c4cccc(C(C)(C)O)c4)c3o2)cn1. The van der Waals surface area contributed by atoms with E-state index in [1.807, 2.05) is 61.0 Å². The van der Waals surface area contributed by atoms with Gasteiger partial charge in [0.1, 0.15) is 11.3 Å². The molecule has 0 amide bonds. The number of thioether (sulfide) groups is 1. The Labute approximate surface area is 162 Å². The smallest absolute Gasteiger partial charge is 0.161 e. The summed E-state index contributed by atoms with van der Waals surface area (Å²) >= 11 is 1.61. The highest BCUT2D eigenvalue weighted by atomic mass is 32.2. The second kappa shape index (κ2) is 6.83. The predicted octanol–water partition coefficient (Wildman–Crippen LogP) is 5.51. The number of fused-ring (bicyclic) bond motifs is 1. The Bertz CT molecular complexity index is 1100. The molecule has 4 aromatic rings. The van der Waals surface area contributed by atoms with E-state index >= 15 is 0 Å². The molecule has 4 nitrogen and oxygen atoms in total. The van der Waals surface area contributed by atoms with E-state index in [0.29, 0.717) is 0 Å². The number of pyridine rings is 2. The molecule has 0 aliphatic carbocycles. The molecule has 136 valence electrons. The first-order chi connectivity index (χ1) is 13.0. The lowest BCUT2D eigenvalue weighted by Crippen LogP contribution is -2.15. The zero-order chi connectivity index (χ0) is 19.0. The van der Waals surface area contributed by atoms with Gasteiger partial charge in [0.2, 0.25) is 0 Å². The fraction of sp³-hybridized carbons (Fsp3) is 0.182. The minimum absolute atomic E-state index is 0.731. The summed E-state index contributed by atoms with van der Waals surface area (Å²) in [6.07, 6.45) is 5.60. The van der Waals surface area contributed by atoms with E-state index in [1.54, 1.807) is 31.8 Å². The molecular weight excluding hydrogens is 356 g/mol. The number of rotatable bonds is 4. The van der Waals surface area contributed by atoms with E-state index in [2.05, 4.69) is 9.97 Å². The van der Waals surface area contributed by atoms with Crippen molar-refractivity contribution < 1.29 is 9.52 Å². The highest BCUT2D eigenvalue weighted by Crippen LogP contribution is 2.35. The summed E-state index contributed by atoms with van der Waals surface area (Å²) in [5.41, 5.74) is 4.33. The molecule has 0 aliphatic rings. The number of aromatic nitrogens is 2. The third kappa shape index (κ3) is 3.48. The lowest BCUT2D eigenvalue weighted by Gasteiger charge is -2.18. The van der Waals surface area contributed by atoms with Crippen LogP contribution in [0.3, 0.4) is 0 Å². The Kier molecular flexibility index (Phi) is 4.50. The van der Waals surface area contributed by atoms with Gasteiger partial charge in [0.15, 0.2) is 5.58 Å². The van der Waals surface area contributed by atoms with Gasteiger partial charge in [-0.25, -0.2) is 4.98 Å². The van der Waals surface area contributed by atoms with Crippen molar-refractivity contribution in [1.29, 1.82) is 0 Å². The van der Waals surface area contributed by atoms with E-state index in [-0.39, 0.29) is 0 Å². The van der Waals surface area contributed by atoms with Crippen LogP contribution >= 0.6 is 11.8 Å². The Balaban J connectivity index is 1.82. The maximum atomic E-state index is 10.3.